The minimum atomic E-state index is -0.897. The molecule has 2 aromatic carbocycles. The number of hydrogen-bond acceptors (Lipinski definition) is 4. The van der Waals surface area contributed by atoms with Crippen molar-refractivity contribution in [2.75, 3.05) is 6.61 Å². The summed E-state index contributed by atoms with van der Waals surface area (Å²) in [7, 11) is 0. The molecule has 1 atom stereocenters. The highest BCUT2D eigenvalue weighted by Crippen LogP contribution is 2.29. The van der Waals surface area contributed by atoms with Crippen molar-refractivity contribution in [1.82, 2.24) is 0 Å². The lowest BCUT2D eigenvalue weighted by molar-refractivity contribution is -0.144. The van der Waals surface area contributed by atoms with E-state index in [1.807, 2.05) is 36.4 Å². The summed E-state index contributed by atoms with van der Waals surface area (Å²) in [4.78, 5) is 10.5. The summed E-state index contributed by atoms with van der Waals surface area (Å²) in [5.41, 5.74) is 3.10. The molecule has 0 bridgehead atoms. The van der Waals surface area contributed by atoms with Crippen LogP contribution in [0.2, 0.25) is 0 Å². The van der Waals surface area contributed by atoms with Crippen LogP contribution in [0.5, 0.6) is 11.5 Å². The van der Waals surface area contributed by atoms with Crippen LogP contribution in [-0.4, -0.2) is 28.9 Å². The van der Waals surface area contributed by atoms with Gasteiger partial charge in [0.15, 0.2) is 6.10 Å². The van der Waals surface area contributed by atoms with Gasteiger partial charge in [0.05, 0.1) is 13.2 Å². The first-order chi connectivity index (χ1) is 11.2. The summed E-state index contributed by atoms with van der Waals surface area (Å²) >= 11 is 0. The monoisotopic (exact) mass is 314 g/mol. The second-order valence-corrected chi connectivity index (χ2v) is 5.42. The molecular weight excluding hydrogens is 296 g/mol. The van der Waals surface area contributed by atoms with Gasteiger partial charge in [-0.3, -0.25) is 0 Å². The van der Waals surface area contributed by atoms with Crippen molar-refractivity contribution in [2.24, 2.45) is 0 Å². The molecule has 2 aromatic rings. The molecule has 5 heteroatoms. The van der Waals surface area contributed by atoms with Gasteiger partial charge < -0.3 is 19.7 Å². The second-order valence-electron chi connectivity index (χ2n) is 5.42. The lowest BCUT2D eigenvalue weighted by Gasteiger charge is -2.03. The molecule has 0 spiro atoms. The van der Waals surface area contributed by atoms with E-state index in [2.05, 4.69) is 0 Å². The Morgan fingerprint density at radius 2 is 1.91 bits per heavy atom. The molecule has 2 aliphatic heterocycles. The van der Waals surface area contributed by atoms with Crippen LogP contribution in [0.3, 0.4) is 0 Å². The molecule has 0 fully saturated rings. The Bertz CT molecular complexity index is 685. The van der Waals surface area contributed by atoms with Gasteiger partial charge in [-0.2, -0.15) is 0 Å². The number of fused-ring (bicyclic) bond motifs is 2. The third-order valence-corrected chi connectivity index (χ3v) is 3.89. The number of carbonyl (C=O) groups is 1. The highest BCUT2D eigenvalue weighted by molar-refractivity contribution is 5.74. The molecule has 2 heterocycles. The van der Waals surface area contributed by atoms with Crippen molar-refractivity contribution in [1.29, 1.82) is 0 Å². The summed E-state index contributed by atoms with van der Waals surface area (Å²) in [6, 6.07) is 13.3. The topological polar surface area (TPSA) is 76.0 Å². The largest absolute Gasteiger partial charge is 0.493 e. The lowest BCUT2D eigenvalue weighted by atomic mass is 10.1. The van der Waals surface area contributed by atoms with Crippen LogP contribution in [-0.2, 0) is 24.2 Å². The van der Waals surface area contributed by atoms with E-state index in [1.54, 1.807) is 6.07 Å². The standard InChI is InChI=1S/C9H8O3.C9H10O2/c10-9(11)8-5-6-3-1-2-4-7(6)12-8;10-6-8-3-1-2-7-4-5-11-9(7)8/h1-4,8H,5H2,(H,10,11);1-3,10H,4-6H2. The summed E-state index contributed by atoms with van der Waals surface area (Å²) in [6.07, 6.45) is 0.761. The molecule has 0 saturated heterocycles. The maximum atomic E-state index is 10.5. The van der Waals surface area contributed by atoms with E-state index in [9.17, 15) is 4.79 Å². The molecule has 0 aromatic heterocycles. The highest BCUT2D eigenvalue weighted by Gasteiger charge is 2.27. The quantitative estimate of drug-likeness (QED) is 0.888. The Kier molecular flexibility index (Phi) is 4.48. The van der Waals surface area contributed by atoms with E-state index in [1.165, 1.54) is 5.56 Å². The number of hydrogen-bond donors (Lipinski definition) is 2. The van der Waals surface area contributed by atoms with Crippen molar-refractivity contribution < 1.29 is 24.5 Å². The predicted octanol–water partition coefficient (Wildman–Crippen LogP) is 2.19. The van der Waals surface area contributed by atoms with Gasteiger partial charge in [-0.15, -0.1) is 0 Å². The van der Waals surface area contributed by atoms with Crippen LogP contribution in [0.1, 0.15) is 16.7 Å². The Morgan fingerprint density at radius 1 is 1.13 bits per heavy atom. The maximum absolute atomic E-state index is 10.5. The van der Waals surface area contributed by atoms with Gasteiger partial charge in [-0.1, -0.05) is 36.4 Å². The fourth-order valence-corrected chi connectivity index (χ4v) is 2.73. The average Bonchev–Trinajstić information content (AvgIpc) is 3.21. The minimum absolute atomic E-state index is 0.0726. The Morgan fingerprint density at radius 3 is 2.65 bits per heavy atom. The van der Waals surface area contributed by atoms with Crippen molar-refractivity contribution in [2.45, 2.75) is 25.6 Å². The number of rotatable bonds is 2. The van der Waals surface area contributed by atoms with E-state index in [4.69, 9.17) is 19.7 Å². The smallest absolute Gasteiger partial charge is 0.345 e. The first kappa shape index (κ1) is 15.4. The van der Waals surface area contributed by atoms with Gasteiger partial charge in [0.1, 0.15) is 11.5 Å². The van der Waals surface area contributed by atoms with Crippen molar-refractivity contribution in [3.8, 4) is 11.5 Å². The van der Waals surface area contributed by atoms with Gasteiger partial charge in [0, 0.05) is 18.4 Å². The van der Waals surface area contributed by atoms with Crippen LogP contribution < -0.4 is 9.47 Å². The van der Waals surface area contributed by atoms with E-state index < -0.39 is 12.1 Å². The van der Waals surface area contributed by atoms with Gasteiger partial charge in [-0.05, 0) is 17.2 Å². The number of ether oxygens (including phenoxy) is 2. The van der Waals surface area contributed by atoms with E-state index in [0.717, 1.165) is 29.9 Å². The summed E-state index contributed by atoms with van der Waals surface area (Å²) in [5.74, 6) is 0.700. The van der Waals surface area contributed by atoms with Crippen LogP contribution in [0.15, 0.2) is 42.5 Å². The van der Waals surface area contributed by atoms with Crippen molar-refractivity contribution in [3.05, 3.63) is 59.2 Å². The minimum Gasteiger partial charge on any atom is -0.493 e. The molecule has 0 aliphatic carbocycles. The number of aliphatic hydroxyl groups is 1. The third kappa shape index (κ3) is 3.29. The molecule has 5 nitrogen and oxygen atoms in total. The highest BCUT2D eigenvalue weighted by atomic mass is 16.5. The fourth-order valence-electron chi connectivity index (χ4n) is 2.73. The van der Waals surface area contributed by atoms with Gasteiger partial charge in [0.2, 0.25) is 0 Å². The van der Waals surface area contributed by atoms with Crippen molar-refractivity contribution in [3.63, 3.8) is 0 Å². The first-order valence-electron chi connectivity index (χ1n) is 7.51. The summed E-state index contributed by atoms with van der Waals surface area (Å²) < 4.78 is 10.5. The number of aliphatic hydroxyl groups excluding tert-OH is 1. The maximum Gasteiger partial charge on any atom is 0.345 e. The predicted molar refractivity (Wildman–Crippen MR) is 83.8 cm³/mol. The van der Waals surface area contributed by atoms with E-state index in [-0.39, 0.29) is 6.61 Å². The normalized spacial score (nSPS) is 17.2. The number of aliphatic carboxylic acids is 1. The molecule has 2 N–H and O–H groups in total. The molecule has 120 valence electrons. The number of carboxylic acid groups (broad SMARTS) is 1. The SMILES string of the molecule is O=C(O)C1Cc2ccccc2O1.OCc1cccc2c1OCC2. The molecule has 4 rings (SSSR count). The third-order valence-electron chi connectivity index (χ3n) is 3.89. The Hall–Kier alpha value is -2.53. The zero-order chi connectivity index (χ0) is 16.2. The van der Waals surface area contributed by atoms with Crippen LogP contribution in [0.4, 0.5) is 0 Å². The molecule has 0 amide bonds. The fraction of sp³-hybridized carbons (Fsp3) is 0.278. The number of para-hydroxylation sites is 2. The molecule has 23 heavy (non-hydrogen) atoms. The number of benzene rings is 2. The molecule has 2 aliphatic rings. The van der Waals surface area contributed by atoms with Crippen molar-refractivity contribution >= 4 is 5.97 Å². The van der Waals surface area contributed by atoms with Gasteiger partial charge in [-0.25, -0.2) is 4.79 Å². The summed E-state index contributed by atoms with van der Waals surface area (Å²) in [5, 5.41) is 17.6. The first-order valence-corrected chi connectivity index (χ1v) is 7.51. The molecule has 0 radical (unpaired) electrons. The van der Waals surface area contributed by atoms with Gasteiger partial charge in [0.25, 0.3) is 0 Å². The zero-order valence-corrected chi connectivity index (χ0v) is 12.6. The summed E-state index contributed by atoms with van der Waals surface area (Å²) in [6.45, 7) is 0.829. The number of carboxylic acids is 1. The Labute approximate surface area is 134 Å². The molecule has 0 saturated carbocycles. The molecular formula is C18H18O5. The van der Waals surface area contributed by atoms with E-state index in [0.29, 0.717) is 12.2 Å². The Balaban J connectivity index is 0.000000136. The zero-order valence-electron chi connectivity index (χ0n) is 12.6. The second kappa shape index (κ2) is 6.71. The van der Waals surface area contributed by atoms with Crippen LogP contribution >= 0.6 is 0 Å². The van der Waals surface area contributed by atoms with E-state index >= 15 is 0 Å². The van der Waals surface area contributed by atoms with Crippen LogP contribution in [0, 0.1) is 0 Å². The average molecular weight is 314 g/mol. The lowest BCUT2D eigenvalue weighted by Crippen LogP contribution is -2.24. The van der Waals surface area contributed by atoms with Crippen LogP contribution in [0.25, 0.3) is 0 Å². The van der Waals surface area contributed by atoms with Gasteiger partial charge >= 0.3 is 5.97 Å². The molecule has 1 unspecified atom stereocenters.